The predicted octanol–water partition coefficient (Wildman–Crippen LogP) is 3.19. The second kappa shape index (κ2) is 6.45. The third-order valence-electron chi connectivity index (χ3n) is 2.93. The molecule has 1 amide bonds. The molecule has 0 aliphatic carbocycles. The number of hydrogen-bond donors (Lipinski definition) is 2. The maximum Gasteiger partial charge on any atom is 0.305 e. The van der Waals surface area contributed by atoms with Crippen molar-refractivity contribution >= 4 is 23.5 Å². The Hall–Kier alpha value is -2.27. The topological polar surface area (TPSA) is 79.5 Å². The lowest BCUT2D eigenvalue weighted by Crippen LogP contribution is -2.30. The lowest BCUT2D eigenvalue weighted by Gasteiger charge is -2.18. The lowest BCUT2D eigenvalue weighted by atomic mass is 10.0. The Morgan fingerprint density at radius 3 is 2.57 bits per heavy atom. The molecule has 1 aromatic heterocycles. The number of aliphatic carboxylic acids is 1. The summed E-state index contributed by atoms with van der Waals surface area (Å²) in [6.45, 7) is 1.72. The number of benzene rings is 1. The molecule has 21 heavy (non-hydrogen) atoms. The van der Waals surface area contributed by atoms with E-state index in [1.165, 1.54) is 6.07 Å². The van der Waals surface area contributed by atoms with Crippen LogP contribution in [0.4, 0.5) is 0 Å². The molecule has 1 heterocycles. The molecule has 1 atom stereocenters. The van der Waals surface area contributed by atoms with E-state index in [1.807, 2.05) is 0 Å². The largest absolute Gasteiger partial charge is 0.481 e. The van der Waals surface area contributed by atoms with E-state index in [4.69, 9.17) is 21.1 Å². The van der Waals surface area contributed by atoms with Crippen LogP contribution in [-0.2, 0) is 4.79 Å². The maximum atomic E-state index is 12.1. The van der Waals surface area contributed by atoms with Gasteiger partial charge < -0.3 is 14.8 Å². The summed E-state index contributed by atoms with van der Waals surface area (Å²) in [5.41, 5.74) is 0.554. The molecule has 2 aromatic rings. The molecule has 1 aromatic carbocycles. The van der Waals surface area contributed by atoms with Crippen LogP contribution in [0.3, 0.4) is 0 Å². The van der Waals surface area contributed by atoms with Gasteiger partial charge in [0.25, 0.3) is 5.91 Å². The van der Waals surface area contributed by atoms with Gasteiger partial charge >= 0.3 is 5.97 Å². The van der Waals surface area contributed by atoms with Gasteiger partial charge in [-0.05, 0) is 30.7 Å². The average molecular weight is 308 g/mol. The van der Waals surface area contributed by atoms with Crippen molar-refractivity contribution in [3.8, 4) is 0 Å². The Balaban J connectivity index is 2.23. The standard InChI is InChI=1S/C15H14ClNO4/c1-9-6-7-13(21-9)15(20)17-12(8-14(18)19)10-4-2-3-5-11(10)16/h2-7,12H,8H2,1H3,(H,17,20)(H,18,19)/t12-/m0/s1. The smallest absolute Gasteiger partial charge is 0.305 e. The fraction of sp³-hybridized carbons (Fsp3) is 0.200. The summed E-state index contributed by atoms with van der Waals surface area (Å²) in [5.74, 6) is -0.771. The molecule has 0 unspecified atom stereocenters. The van der Waals surface area contributed by atoms with Crippen LogP contribution in [0.5, 0.6) is 0 Å². The second-order valence-electron chi connectivity index (χ2n) is 4.56. The van der Waals surface area contributed by atoms with Crippen molar-refractivity contribution in [3.63, 3.8) is 0 Å². The summed E-state index contributed by atoms with van der Waals surface area (Å²) < 4.78 is 5.22. The van der Waals surface area contributed by atoms with Crippen molar-refractivity contribution in [2.45, 2.75) is 19.4 Å². The average Bonchev–Trinajstić information content (AvgIpc) is 2.85. The Bertz CT molecular complexity index is 665. The number of carbonyl (C=O) groups is 2. The van der Waals surface area contributed by atoms with Crippen molar-refractivity contribution in [1.29, 1.82) is 0 Å². The lowest BCUT2D eigenvalue weighted by molar-refractivity contribution is -0.137. The Morgan fingerprint density at radius 1 is 1.29 bits per heavy atom. The summed E-state index contributed by atoms with van der Waals surface area (Å²) in [7, 11) is 0. The van der Waals surface area contributed by atoms with E-state index < -0.39 is 17.9 Å². The van der Waals surface area contributed by atoms with Crippen molar-refractivity contribution in [2.75, 3.05) is 0 Å². The van der Waals surface area contributed by atoms with E-state index in [1.54, 1.807) is 37.3 Å². The molecule has 6 heteroatoms. The fourth-order valence-electron chi connectivity index (χ4n) is 1.96. The molecular weight excluding hydrogens is 294 g/mol. The van der Waals surface area contributed by atoms with Crippen LogP contribution in [0, 0.1) is 6.92 Å². The second-order valence-corrected chi connectivity index (χ2v) is 4.96. The number of aryl methyl sites for hydroxylation is 1. The molecule has 0 aliphatic heterocycles. The first-order chi connectivity index (χ1) is 9.97. The normalized spacial score (nSPS) is 11.9. The molecule has 2 N–H and O–H groups in total. The summed E-state index contributed by atoms with van der Waals surface area (Å²) >= 11 is 6.07. The third-order valence-corrected chi connectivity index (χ3v) is 3.27. The molecule has 0 bridgehead atoms. The Morgan fingerprint density at radius 2 is 2.00 bits per heavy atom. The van der Waals surface area contributed by atoms with E-state index in [9.17, 15) is 9.59 Å². The van der Waals surface area contributed by atoms with Gasteiger partial charge in [-0.15, -0.1) is 0 Å². The molecule has 0 fully saturated rings. The molecular formula is C15H14ClNO4. The van der Waals surface area contributed by atoms with Crippen molar-refractivity contribution in [3.05, 3.63) is 58.5 Å². The molecule has 5 nitrogen and oxygen atoms in total. The number of nitrogens with one attached hydrogen (secondary N) is 1. The van der Waals surface area contributed by atoms with Gasteiger partial charge in [-0.1, -0.05) is 29.8 Å². The first-order valence-corrected chi connectivity index (χ1v) is 6.68. The van der Waals surface area contributed by atoms with E-state index >= 15 is 0 Å². The molecule has 2 rings (SSSR count). The zero-order valence-electron chi connectivity index (χ0n) is 11.3. The number of amides is 1. The summed E-state index contributed by atoms with van der Waals surface area (Å²) in [4.78, 5) is 23.1. The number of halogens is 1. The number of carboxylic acid groups (broad SMARTS) is 1. The molecule has 0 saturated heterocycles. The number of furan rings is 1. The molecule has 110 valence electrons. The highest BCUT2D eigenvalue weighted by Crippen LogP contribution is 2.25. The monoisotopic (exact) mass is 307 g/mol. The van der Waals surface area contributed by atoms with Gasteiger partial charge in [0.2, 0.25) is 0 Å². The number of carboxylic acids is 1. The van der Waals surface area contributed by atoms with Crippen molar-refractivity contribution in [1.82, 2.24) is 5.32 Å². The van der Waals surface area contributed by atoms with Crippen LogP contribution < -0.4 is 5.32 Å². The zero-order valence-corrected chi connectivity index (χ0v) is 12.1. The minimum absolute atomic E-state index is 0.134. The molecule has 0 aliphatic rings. The summed E-state index contributed by atoms with van der Waals surface area (Å²) in [5, 5.41) is 12.0. The van der Waals surface area contributed by atoms with E-state index in [-0.39, 0.29) is 12.2 Å². The summed E-state index contributed by atoms with van der Waals surface area (Å²) in [6, 6.07) is 9.28. The van der Waals surface area contributed by atoms with E-state index in [0.717, 1.165) is 0 Å². The van der Waals surface area contributed by atoms with Crippen LogP contribution >= 0.6 is 11.6 Å². The van der Waals surface area contributed by atoms with Gasteiger partial charge in [0.05, 0.1) is 12.5 Å². The predicted molar refractivity (Wildman–Crippen MR) is 77.4 cm³/mol. The Labute approximate surface area is 126 Å². The van der Waals surface area contributed by atoms with Crippen molar-refractivity contribution < 1.29 is 19.1 Å². The minimum Gasteiger partial charge on any atom is -0.481 e. The number of hydrogen-bond acceptors (Lipinski definition) is 3. The van der Waals surface area contributed by atoms with Gasteiger partial charge in [0, 0.05) is 5.02 Å². The zero-order chi connectivity index (χ0) is 15.4. The van der Waals surface area contributed by atoms with Crippen LogP contribution in [0.15, 0.2) is 40.8 Å². The molecule has 0 spiro atoms. The first-order valence-electron chi connectivity index (χ1n) is 6.31. The van der Waals surface area contributed by atoms with Gasteiger partial charge in [-0.25, -0.2) is 0 Å². The van der Waals surface area contributed by atoms with Crippen LogP contribution in [0.25, 0.3) is 0 Å². The fourth-order valence-corrected chi connectivity index (χ4v) is 2.22. The quantitative estimate of drug-likeness (QED) is 0.889. The van der Waals surface area contributed by atoms with Gasteiger partial charge in [-0.3, -0.25) is 9.59 Å². The van der Waals surface area contributed by atoms with Crippen LogP contribution in [-0.4, -0.2) is 17.0 Å². The van der Waals surface area contributed by atoms with Gasteiger partial charge in [0.15, 0.2) is 5.76 Å². The SMILES string of the molecule is Cc1ccc(C(=O)N[C@@H](CC(=O)O)c2ccccc2Cl)o1. The third kappa shape index (κ3) is 3.86. The minimum atomic E-state index is -1.03. The highest BCUT2D eigenvalue weighted by Gasteiger charge is 2.22. The highest BCUT2D eigenvalue weighted by molar-refractivity contribution is 6.31. The number of rotatable bonds is 5. The Kier molecular flexibility index (Phi) is 4.65. The van der Waals surface area contributed by atoms with E-state index in [0.29, 0.717) is 16.3 Å². The molecule has 0 saturated carbocycles. The van der Waals surface area contributed by atoms with Gasteiger partial charge in [0.1, 0.15) is 5.76 Å². The van der Waals surface area contributed by atoms with Gasteiger partial charge in [-0.2, -0.15) is 0 Å². The summed E-state index contributed by atoms with van der Waals surface area (Å²) in [6.07, 6.45) is -0.269. The van der Waals surface area contributed by atoms with Crippen LogP contribution in [0.1, 0.15) is 34.3 Å². The maximum absolute atomic E-state index is 12.1. The first kappa shape index (κ1) is 15.1. The highest BCUT2D eigenvalue weighted by atomic mass is 35.5. The van der Waals surface area contributed by atoms with Crippen LogP contribution in [0.2, 0.25) is 5.02 Å². The van der Waals surface area contributed by atoms with Crippen molar-refractivity contribution in [2.24, 2.45) is 0 Å². The van der Waals surface area contributed by atoms with E-state index in [2.05, 4.69) is 5.32 Å². The molecule has 0 radical (unpaired) electrons. The number of carbonyl (C=O) groups excluding carboxylic acids is 1.